The fraction of sp³-hybridized carbons (Fsp3) is 0.500. The van der Waals surface area contributed by atoms with Crippen LogP contribution in [-0.2, 0) is 30.8 Å². The SMILES string of the molecule is CC(C)(C)OC(=O)Nc1ccc2c(c1)N(S(=O)(=O)c1cccc(C(F)(F)F)c1)C[C@H](CS(=O)(=O)C1CCCC1)O2. The summed E-state index contributed by atoms with van der Waals surface area (Å²) in [6.45, 7) is 4.52. The van der Waals surface area contributed by atoms with E-state index >= 15 is 0 Å². The Labute approximate surface area is 231 Å². The lowest BCUT2D eigenvalue weighted by atomic mass is 10.2. The Hall–Kier alpha value is -3.00. The highest BCUT2D eigenvalue weighted by Crippen LogP contribution is 2.40. The second-order valence-corrected chi connectivity index (χ2v) is 15.0. The lowest BCUT2D eigenvalue weighted by Crippen LogP contribution is -2.47. The molecule has 4 rings (SSSR count). The molecule has 0 spiro atoms. The Morgan fingerprint density at radius 1 is 1.05 bits per heavy atom. The van der Waals surface area contributed by atoms with E-state index in [0.717, 1.165) is 35.3 Å². The third kappa shape index (κ3) is 6.82. The minimum absolute atomic E-state index is 0.00293. The highest BCUT2D eigenvalue weighted by Gasteiger charge is 2.40. The molecule has 0 aromatic heterocycles. The van der Waals surface area contributed by atoms with Gasteiger partial charge in [-0.15, -0.1) is 0 Å². The number of carbonyl (C=O) groups is 1. The second kappa shape index (κ2) is 10.8. The van der Waals surface area contributed by atoms with E-state index in [-0.39, 0.29) is 17.1 Å². The zero-order valence-electron chi connectivity index (χ0n) is 22.2. The van der Waals surface area contributed by atoms with Crippen LogP contribution in [0.2, 0.25) is 0 Å². The third-order valence-electron chi connectivity index (χ3n) is 6.51. The van der Waals surface area contributed by atoms with Crippen LogP contribution in [0.4, 0.5) is 29.3 Å². The monoisotopic (exact) mass is 604 g/mol. The molecule has 220 valence electrons. The average molecular weight is 605 g/mol. The Balaban J connectivity index is 1.73. The quantitative estimate of drug-likeness (QED) is 0.471. The number of fused-ring (bicyclic) bond motifs is 1. The summed E-state index contributed by atoms with van der Waals surface area (Å²) in [6, 6.07) is 7.37. The maximum atomic E-state index is 13.8. The standard InChI is InChI=1S/C26H31F3N2O7S2/c1-25(2,3)38-24(32)30-18-11-12-23-22(14-18)31(15-19(37-23)16-39(33,34)20-8-4-5-9-20)40(35,36)21-10-6-7-17(13-21)26(27,28)29/h6-7,10-14,19-20H,4-5,8-9,15-16H2,1-3H3,(H,30,32)/t19-/m1/s1. The van der Waals surface area contributed by atoms with Gasteiger partial charge in [0.25, 0.3) is 10.0 Å². The molecule has 0 bridgehead atoms. The highest BCUT2D eigenvalue weighted by atomic mass is 32.2. The Morgan fingerprint density at radius 2 is 1.73 bits per heavy atom. The van der Waals surface area contributed by atoms with E-state index in [1.165, 1.54) is 18.2 Å². The fourth-order valence-corrected chi connectivity index (χ4v) is 8.29. The fourth-order valence-electron chi connectivity index (χ4n) is 4.73. The van der Waals surface area contributed by atoms with Gasteiger partial charge in [-0.2, -0.15) is 13.2 Å². The van der Waals surface area contributed by atoms with Crippen molar-refractivity contribution < 1.29 is 44.3 Å². The Bertz CT molecular complexity index is 1480. The van der Waals surface area contributed by atoms with E-state index in [1.807, 2.05) is 0 Å². The van der Waals surface area contributed by atoms with Gasteiger partial charge >= 0.3 is 12.3 Å². The van der Waals surface area contributed by atoms with Crippen LogP contribution in [0, 0.1) is 0 Å². The first kappa shape index (κ1) is 30.0. The van der Waals surface area contributed by atoms with Crippen LogP contribution in [0.25, 0.3) is 0 Å². The molecule has 1 N–H and O–H groups in total. The number of nitrogens with one attached hydrogen (secondary N) is 1. The van der Waals surface area contributed by atoms with Crippen LogP contribution in [0.15, 0.2) is 47.4 Å². The largest absolute Gasteiger partial charge is 0.485 e. The maximum Gasteiger partial charge on any atom is 0.416 e. The molecule has 9 nitrogen and oxygen atoms in total. The average Bonchev–Trinajstić information content (AvgIpc) is 3.38. The minimum atomic E-state index is -4.78. The number of nitrogens with zero attached hydrogens (tertiary/aromatic N) is 1. The van der Waals surface area contributed by atoms with Gasteiger partial charge in [-0.05, 0) is 70.0 Å². The molecule has 1 fully saturated rings. The van der Waals surface area contributed by atoms with Crippen molar-refractivity contribution in [3.8, 4) is 5.75 Å². The van der Waals surface area contributed by atoms with E-state index in [2.05, 4.69) is 5.32 Å². The number of benzene rings is 2. The number of ether oxygens (including phenoxy) is 2. The molecule has 14 heteroatoms. The predicted molar refractivity (Wildman–Crippen MR) is 143 cm³/mol. The number of rotatable bonds is 6. The molecule has 0 saturated heterocycles. The Kier molecular flexibility index (Phi) is 8.07. The summed E-state index contributed by atoms with van der Waals surface area (Å²) in [5, 5.41) is 1.94. The molecule has 40 heavy (non-hydrogen) atoms. The third-order valence-corrected chi connectivity index (χ3v) is 10.6. The van der Waals surface area contributed by atoms with Crippen molar-refractivity contribution in [2.75, 3.05) is 21.9 Å². The summed E-state index contributed by atoms with van der Waals surface area (Å²) in [4.78, 5) is 11.7. The molecule has 1 amide bonds. The van der Waals surface area contributed by atoms with E-state index in [4.69, 9.17) is 9.47 Å². The van der Waals surface area contributed by atoms with E-state index in [9.17, 15) is 34.8 Å². The zero-order valence-corrected chi connectivity index (χ0v) is 23.8. The molecular formula is C26H31F3N2O7S2. The molecule has 1 aliphatic heterocycles. The molecule has 1 atom stereocenters. The van der Waals surface area contributed by atoms with Crippen molar-refractivity contribution in [3.05, 3.63) is 48.0 Å². The van der Waals surface area contributed by atoms with Gasteiger partial charge in [0.05, 0.1) is 33.7 Å². The molecule has 2 aromatic carbocycles. The summed E-state index contributed by atoms with van der Waals surface area (Å²) in [5.74, 6) is -0.452. The van der Waals surface area contributed by atoms with Crippen molar-refractivity contribution in [2.24, 2.45) is 0 Å². The van der Waals surface area contributed by atoms with Crippen molar-refractivity contribution in [2.45, 2.75) is 74.5 Å². The maximum absolute atomic E-state index is 13.8. The first-order chi connectivity index (χ1) is 18.5. The number of anilines is 2. The van der Waals surface area contributed by atoms with Crippen molar-refractivity contribution >= 4 is 37.3 Å². The topological polar surface area (TPSA) is 119 Å². The van der Waals surface area contributed by atoms with E-state index in [1.54, 1.807) is 20.8 Å². The molecule has 2 aliphatic rings. The lowest BCUT2D eigenvalue weighted by molar-refractivity contribution is -0.137. The summed E-state index contributed by atoms with van der Waals surface area (Å²) in [6.07, 6.45) is -4.12. The van der Waals surface area contributed by atoms with Crippen LogP contribution in [0.1, 0.15) is 52.0 Å². The number of amides is 1. The van der Waals surface area contributed by atoms with Gasteiger partial charge in [-0.25, -0.2) is 21.6 Å². The summed E-state index contributed by atoms with van der Waals surface area (Å²) >= 11 is 0. The second-order valence-electron chi connectivity index (χ2n) is 10.8. The van der Waals surface area contributed by atoms with Gasteiger partial charge in [0, 0.05) is 5.69 Å². The number of sulfone groups is 1. The molecule has 1 saturated carbocycles. The first-order valence-electron chi connectivity index (χ1n) is 12.7. The van der Waals surface area contributed by atoms with Crippen LogP contribution >= 0.6 is 0 Å². The molecular weight excluding hydrogens is 573 g/mol. The molecule has 0 radical (unpaired) electrons. The van der Waals surface area contributed by atoms with E-state index in [0.29, 0.717) is 18.9 Å². The van der Waals surface area contributed by atoms with E-state index < -0.39 is 71.8 Å². The lowest BCUT2D eigenvalue weighted by Gasteiger charge is -2.36. The van der Waals surface area contributed by atoms with Crippen LogP contribution in [-0.4, -0.2) is 52.2 Å². The first-order valence-corrected chi connectivity index (χ1v) is 15.8. The number of carbonyl (C=O) groups excluding carboxylic acids is 1. The summed E-state index contributed by atoms with van der Waals surface area (Å²) < 4.78 is 106. The van der Waals surface area contributed by atoms with Gasteiger partial charge in [0.2, 0.25) is 0 Å². The predicted octanol–water partition coefficient (Wildman–Crippen LogP) is 5.37. The molecule has 2 aromatic rings. The number of halogens is 3. The zero-order chi connectivity index (χ0) is 29.5. The Morgan fingerprint density at radius 3 is 2.35 bits per heavy atom. The number of hydrogen-bond donors (Lipinski definition) is 1. The van der Waals surface area contributed by atoms with Crippen LogP contribution in [0.3, 0.4) is 0 Å². The van der Waals surface area contributed by atoms with Gasteiger partial charge in [0.1, 0.15) is 17.5 Å². The van der Waals surface area contributed by atoms with Crippen molar-refractivity contribution in [1.29, 1.82) is 0 Å². The molecule has 0 unspecified atom stereocenters. The number of hydrogen-bond acceptors (Lipinski definition) is 7. The molecule has 1 aliphatic carbocycles. The molecule has 1 heterocycles. The number of sulfonamides is 1. The van der Waals surface area contributed by atoms with Crippen molar-refractivity contribution in [1.82, 2.24) is 0 Å². The highest BCUT2D eigenvalue weighted by molar-refractivity contribution is 7.93. The van der Waals surface area contributed by atoms with Crippen LogP contribution in [0.5, 0.6) is 5.75 Å². The normalized spacial score (nSPS) is 18.6. The number of alkyl halides is 3. The van der Waals surface area contributed by atoms with Gasteiger partial charge in [0.15, 0.2) is 9.84 Å². The van der Waals surface area contributed by atoms with Crippen molar-refractivity contribution in [3.63, 3.8) is 0 Å². The summed E-state index contributed by atoms with van der Waals surface area (Å²) in [5.41, 5.74) is -1.89. The van der Waals surface area contributed by atoms with Crippen LogP contribution < -0.4 is 14.4 Å². The van der Waals surface area contributed by atoms with Gasteiger partial charge < -0.3 is 9.47 Å². The minimum Gasteiger partial charge on any atom is -0.485 e. The smallest absolute Gasteiger partial charge is 0.416 e. The van der Waals surface area contributed by atoms with Gasteiger partial charge in [-0.3, -0.25) is 9.62 Å². The van der Waals surface area contributed by atoms with Gasteiger partial charge in [-0.1, -0.05) is 18.9 Å². The summed E-state index contributed by atoms with van der Waals surface area (Å²) in [7, 11) is -8.26.